The van der Waals surface area contributed by atoms with Gasteiger partial charge < -0.3 is 21.5 Å². The van der Waals surface area contributed by atoms with Crippen LogP contribution in [0.4, 0.5) is 0 Å². The van der Waals surface area contributed by atoms with Crippen LogP contribution in [0.2, 0.25) is 0 Å². The quantitative estimate of drug-likeness (QED) is 0.535. The van der Waals surface area contributed by atoms with Crippen molar-refractivity contribution in [3.63, 3.8) is 0 Å². The highest BCUT2D eigenvalue weighted by molar-refractivity contribution is 9.11. The molecule has 0 aliphatic heterocycles. The van der Waals surface area contributed by atoms with Crippen molar-refractivity contribution in [2.24, 2.45) is 0 Å². The number of hydrogen-bond acceptors (Lipinski definition) is 0. The summed E-state index contributed by atoms with van der Waals surface area (Å²) in [5.74, 6) is 0. The molecule has 3 heteroatoms. The summed E-state index contributed by atoms with van der Waals surface area (Å²) < 4.78 is 1.99. The first-order valence-corrected chi connectivity index (χ1v) is 3.35. The smallest absolute Gasteiger partial charge is 0.110 e. The van der Waals surface area contributed by atoms with E-state index in [4.69, 9.17) is 0 Å². The molecular weight excluding hydrogens is 246 g/mol. The average molecular weight is 259 g/mol. The number of hydrogen-bond donors (Lipinski definition) is 0. The molecule has 0 aliphatic rings. The maximum Gasteiger partial charge on any atom is 0.110 e. The fourth-order valence-electron chi connectivity index (χ4n) is 0.515. The third-order valence-electron chi connectivity index (χ3n) is 0.646. The number of quaternary nitrogens is 1. The molecule has 0 radical (unpaired) electrons. The first-order chi connectivity index (χ1) is 3.42. The van der Waals surface area contributed by atoms with Gasteiger partial charge in [0.15, 0.2) is 0 Å². The van der Waals surface area contributed by atoms with Crippen LogP contribution in [-0.2, 0) is 0 Å². The highest BCUT2D eigenvalue weighted by Gasteiger charge is 2.05. The molecule has 1 nitrogen and oxygen atoms in total. The van der Waals surface area contributed by atoms with Gasteiger partial charge in [-0.15, -0.1) is 0 Å². The van der Waals surface area contributed by atoms with Crippen molar-refractivity contribution in [3.05, 3.63) is 11.1 Å². The first kappa shape index (κ1) is 12.3. The molecule has 0 spiro atoms. The summed E-state index contributed by atoms with van der Waals surface area (Å²) in [6, 6.07) is 0. The van der Waals surface area contributed by atoms with E-state index in [-0.39, 0.29) is 17.0 Å². The van der Waals surface area contributed by atoms with Gasteiger partial charge in [-0.3, -0.25) is 0 Å². The zero-order valence-corrected chi connectivity index (χ0v) is 9.29. The molecule has 0 aliphatic carbocycles. The minimum absolute atomic E-state index is 0. The lowest BCUT2D eigenvalue weighted by Gasteiger charge is -2.22. The normalized spacial score (nSPS) is 10.2. The second kappa shape index (κ2) is 4.47. The third-order valence-corrected chi connectivity index (χ3v) is 0.897. The van der Waals surface area contributed by atoms with Crippen LogP contribution in [0.5, 0.6) is 0 Å². The molecule has 0 heterocycles. The van der Waals surface area contributed by atoms with Crippen molar-refractivity contribution in [1.29, 1.82) is 0 Å². The SMILES string of the molecule is C=C(Br)C[N+](C)(C)C.[Br-]. The molecule has 56 valence electrons. The maximum absolute atomic E-state index is 3.74. The second-order valence-corrected chi connectivity index (χ2v) is 4.09. The molecule has 0 aromatic heterocycles. The minimum Gasteiger partial charge on any atom is -1.00 e. The summed E-state index contributed by atoms with van der Waals surface area (Å²) in [5, 5.41) is 0. The highest BCUT2D eigenvalue weighted by atomic mass is 79.9. The number of halogens is 2. The van der Waals surface area contributed by atoms with Gasteiger partial charge in [0.25, 0.3) is 0 Å². The van der Waals surface area contributed by atoms with Gasteiger partial charge in [-0.05, 0) is 0 Å². The third kappa shape index (κ3) is 12.0. The van der Waals surface area contributed by atoms with E-state index in [1.807, 2.05) is 0 Å². The molecule has 9 heavy (non-hydrogen) atoms. The topological polar surface area (TPSA) is 0 Å². The number of likely N-dealkylation sites (N-methyl/N-ethyl adjacent to an activating group) is 1. The summed E-state index contributed by atoms with van der Waals surface area (Å²) >= 11 is 3.30. The molecule has 0 saturated heterocycles. The van der Waals surface area contributed by atoms with Crippen LogP contribution >= 0.6 is 15.9 Å². The van der Waals surface area contributed by atoms with Crippen LogP contribution in [0.1, 0.15) is 0 Å². The Bertz CT molecular complexity index is 93.7. The van der Waals surface area contributed by atoms with Gasteiger partial charge in [0.2, 0.25) is 0 Å². The van der Waals surface area contributed by atoms with Crippen molar-refractivity contribution < 1.29 is 21.5 Å². The zero-order chi connectivity index (χ0) is 6.78. The average Bonchev–Trinajstić information content (AvgIpc) is 1.21. The van der Waals surface area contributed by atoms with E-state index < -0.39 is 0 Å². The van der Waals surface area contributed by atoms with Gasteiger partial charge in [-0.25, -0.2) is 0 Å². The zero-order valence-electron chi connectivity index (χ0n) is 6.12. The molecular formula is C6H13Br2N. The molecule has 0 rings (SSSR count). The van der Waals surface area contributed by atoms with Gasteiger partial charge in [0.05, 0.1) is 21.1 Å². The maximum atomic E-state index is 3.74. The number of nitrogens with zero attached hydrogens (tertiary/aromatic N) is 1. The standard InChI is InChI=1S/C6H13BrN.BrH/c1-6(7)5-8(2,3)4;/h1,5H2,2-4H3;1H/q+1;/p-1. The second-order valence-electron chi connectivity index (χ2n) is 2.97. The predicted molar refractivity (Wildman–Crippen MR) is 41.0 cm³/mol. The predicted octanol–water partition coefficient (Wildman–Crippen LogP) is -1.39. The van der Waals surface area contributed by atoms with Crippen LogP contribution in [0.3, 0.4) is 0 Å². The van der Waals surface area contributed by atoms with Crippen molar-refractivity contribution >= 4 is 15.9 Å². The summed E-state index contributed by atoms with van der Waals surface area (Å²) in [4.78, 5) is 0. The van der Waals surface area contributed by atoms with Crippen molar-refractivity contribution in [2.45, 2.75) is 0 Å². The first-order valence-electron chi connectivity index (χ1n) is 2.55. The molecule has 0 saturated carbocycles. The largest absolute Gasteiger partial charge is 1.00 e. The molecule has 0 aromatic carbocycles. The van der Waals surface area contributed by atoms with Gasteiger partial charge in [-0.1, -0.05) is 22.5 Å². The Labute approximate surface area is 76.2 Å². The van der Waals surface area contributed by atoms with E-state index >= 15 is 0 Å². The number of rotatable bonds is 2. The Morgan fingerprint density at radius 1 is 1.44 bits per heavy atom. The Balaban J connectivity index is 0. The van der Waals surface area contributed by atoms with Crippen molar-refractivity contribution in [3.8, 4) is 0 Å². The van der Waals surface area contributed by atoms with Crippen LogP contribution < -0.4 is 17.0 Å². The van der Waals surface area contributed by atoms with Crippen molar-refractivity contribution in [2.75, 3.05) is 27.7 Å². The summed E-state index contributed by atoms with van der Waals surface area (Å²) in [7, 11) is 6.39. The van der Waals surface area contributed by atoms with Crippen LogP contribution in [-0.4, -0.2) is 32.2 Å². The van der Waals surface area contributed by atoms with Gasteiger partial charge in [-0.2, -0.15) is 0 Å². The lowest BCUT2D eigenvalue weighted by Crippen LogP contribution is -3.00. The van der Waals surface area contributed by atoms with Crippen molar-refractivity contribution in [1.82, 2.24) is 0 Å². The van der Waals surface area contributed by atoms with Crippen LogP contribution in [0.25, 0.3) is 0 Å². The van der Waals surface area contributed by atoms with E-state index in [2.05, 4.69) is 43.7 Å². The molecule has 0 aromatic rings. The Kier molecular flexibility index (Phi) is 6.13. The van der Waals surface area contributed by atoms with E-state index in [9.17, 15) is 0 Å². The fourth-order valence-corrected chi connectivity index (χ4v) is 1.27. The molecule has 0 atom stereocenters. The highest BCUT2D eigenvalue weighted by Crippen LogP contribution is 2.04. The molecule has 0 N–H and O–H groups in total. The summed E-state index contributed by atoms with van der Waals surface area (Å²) in [5.41, 5.74) is 0. The van der Waals surface area contributed by atoms with Crippen LogP contribution in [0, 0.1) is 0 Å². The fraction of sp³-hybridized carbons (Fsp3) is 0.667. The van der Waals surface area contributed by atoms with E-state index in [1.165, 1.54) is 0 Å². The molecule has 0 fully saturated rings. The van der Waals surface area contributed by atoms with Crippen LogP contribution in [0.15, 0.2) is 11.1 Å². The summed E-state index contributed by atoms with van der Waals surface area (Å²) in [6.45, 7) is 4.73. The van der Waals surface area contributed by atoms with Gasteiger partial charge >= 0.3 is 0 Å². The molecule has 0 unspecified atom stereocenters. The van der Waals surface area contributed by atoms with Gasteiger partial charge in [0.1, 0.15) is 6.54 Å². The lowest BCUT2D eigenvalue weighted by molar-refractivity contribution is -0.864. The monoisotopic (exact) mass is 257 g/mol. The molecule has 0 amide bonds. The Morgan fingerprint density at radius 2 is 1.78 bits per heavy atom. The Hall–Kier alpha value is 0.660. The minimum atomic E-state index is 0. The van der Waals surface area contributed by atoms with E-state index in [0.29, 0.717) is 0 Å². The lowest BCUT2D eigenvalue weighted by atomic mass is 10.5. The Morgan fingerprint density at radius 3 is 1.78 bits per heavy atom. The van der Waals surface area contributed by atoms with E-state index in [0.717, 1.165) is 15.5 Å². The van der Waals surface area contributed by atoms with Gasteiger partial charge in [0, 0.05) is 4.48 Å². The molecule has 0 bridgehead atoms. The summed E-state index contributed by atoms with van der Waals surface area (Å²) in [6.07, 6.45) is 0. The van der Waals surface area contributed by atoms with E-state index in [1.54, 1.807) is 0 Å².